The van der Waals surface area contributed by atoms with Gasteiger partial charge < -0.3 is 9.73 Å². The van der Waals surface area contributed by atoms with Gasteiger partial charge in [-0.25, -0.2) is 0 Å². The molecule has 3 rings (SSSR count). The summed E-state index contributed by atoms with van der Waals surface area (Å²) in [5, 5.41) is 4.64. The van der Waals surface area contributed by atoms with Crippen LogP contribution < -0.4 is 5.32 Å². The van der Waals surface area contributed by atoms with E-state index in [0.717, 1.165) is 27.7 Å². The molecule has 0 bridgehead atoms. The van der Waals surface area contributed by atoms with Crippen molar-refractivity contribution < 1.29 is 4.42 Å². The van der Waals surface area contributed by atoms with Crippen LogP contribution in [0.2, 0.25) is 0 Å². The van der Waals surface area contributed by atoms with Gasteiger partial charge >= 0.3 is 0 Å². The highest BCUT2D eigenvalue weighted by atomic mass is 79.9. The third-order valence-corrected chi connectivity index (χ3v) is 3.97. The zero-order valence-corrected chi connectivity index (χ0v) is 12.7. The molecule has 2 heterocycles. The normalized spacial score (nSPS) is 12.7. The lowest BCUT2D eigenvalue weighted by atomic mass is 9.99. The summed E-state index contributed by atoms with van der Waals surface area (Å²) in [6.07, 6.45) is 3.52. The number of aromatic nitrogens is 1. The predicted octanol–water partition coefficient (Wildman–Crippen LogP) is 4.29. The van der Waals surface area contributed by atoms with Crippen LogP contribution in [0.1, 0.15) is 24.1 Å². The molecule has 1 unspecified atom stereocenters. The van der Waals surface area contributed by atoms with Crippen LogP contribution in [0.3, 0.4) is 0 Å². The van der Waals surface area contributed by atoms with Crippen molar-refractivity contribution >= 4 is 26.8 Å². The van der Waals surface area contributed by atoms with Crippen molar-refractivity contribution in [2.75, 3.05) is 6.54 Å². The molecule has 102 valence electrons. The lowest BCUT2D eigenvalue weighted by Crippen LogP contribution is -2.21. The van der Waals surface area contributed by atoms with E-state index in [2.05, 4.69) is 57.4 Å². The summed E-state index contributed by atoms with van der Waals surface area (Å²) in [5.74, 6) is 0. The van der Waals surface area contributed by atoms with Crippen LogP contribution in [-0.2, 0) is 0 Å². The molecule has 2 aromatic heterocycles. The molecular formula is C16H15BrN2O. The van der Waals surface area contributed by atoms with E-state index in [0.29, 0.717) is 0 Å². The van der Waals surface area contributed by atoms with E-state index in [9.17, 15) is 0 Å². The Labute approximate surface area is 126 Å². The van der Waals surface area contributed by atoms with Crippen molar-refractivity contribution in [3.05, 3.63) is 64.7 Å². The highest BCUT2D eigenvalue weighted by Gasteiger charge is 2.18. The Balaban J connectivity index is 2.07. The molecule has 20 heavy (non-hydrogen) atoms. The highest BCUT2D eigenvalue weighted by Crippen LogP contribution is 2.30. The topological polar surface area (TPSA) is 38.1 Å². The second-order valence-corrected chi connectivity index (χ2v) is 5.32. The van der Waals surface area contributed by atoms with Gasteiger partial charge in [0.05, 0.1) is 17.8 Å². The molecule has 0 amide bonds. The summed E-state index contributed by atoms with van der Waals surface area (Å²) in [4.78, 5) is 4.43. The smallest absolute Gasteiger partial charge is 0.174 e. The van der Waals surface area contributed by atoms with Gasteiger partial charge in [-0.05, 0) is 46.2 Å². The molecule has 4 heteroatoms. The lowest BCUT2D eigenvalue weighted by Gasteiger charge is -2.18. The Kier molecular flexibility index (Phi) is 3.85. The lowest BCUT2D eigenvalue weighted by molar-refractivity contribution is 0.526. The van der Waals surface area contributed by atoms with E-state index in [4.69, 9.17) is 4.42 Å². The van der Waals surface area contributed by atoms with Crippen LogP contribution >= 0.6 is 15.9 Å². The van der Waals surface area contributed by atoms with Crippen LogP contribution in [0.15, 0.2) is 57.9 Å². The number of nitrogens with zero attached hydrogens (tertiary/aromatic N) is 1. The number of nitrogens with one attached hydrogen (secondary N) is 1. The van der Waals surface area contributed by atoms with Crippen LogP contribution in [0.4, 0.5) is 0 Å². The first kappa shape index (κ1) is 13.3. The fraction of sp³-hybridized carbons (Fsp3) is 0.188. The number of hydrogen-bond acceptors (Lipinski definition) is 3. The number of hydrogen-bond donors (Lipinski definition) is 1. The average molecular weight is 331 g/mol. The zero-order chi connectivity index (χ0) is 13.9. The van der Waals surface area contributed by atoms with E-state index in [1.54, 1.807) is 6.26 Å². The van der Waals surface area contributed by atoms with Crippen LogP contribution in [0.25, 0.3) is 10.9 Å². The SMILES string of the molecule is CCNC(c1ccc2cccnc2c1)c1ccoc1Br. The fourth-order valence-electron chi connectivity index (χ4n) is 2.38. The van der Waals surface area contributed by atoms with Gasteiger partial charge in [-0.3, -0.25) is 4.98 Å². The van der Waals surface area contributed by atoms with Crippen molar-refractivity contribution in [1.82, 2.24) is 10.3 Å². The minimum Gasteiger partial charge on any atom is -0.457 e. The Morgan fingerprint density at radius 1 is 1.30 bits per heavy atom. The molecule has 0 fully saturated rings. The third kappa shape index (κ3) is 2.49. The molecule has 3 aromatic rings. The van der Waals surface area contributed by atoms with Gasteiger partial charge in [0.25, 0.3) is 0 Å². The first-order chi connectivity index (χ1) is 9.79. The maximum Gasteiger partial charge on any atom is 0.174 e. The molecule has 0 spiro atoms. The molecule has 1 atom stereocenters. The van der Waals surface area contributed by atoms with Crippen molar-refractivity contribution in [2.24, 2.45) is 0 Å². The minimum absolute atomic E-state index is 0.0968. The molecule has 0 aliphatic rings. The number of fused-ring (bicyclic) bond motifs is 1. The quantitative estimate of drug-likeness (QED) is 0.775. The van der Waals surface area contributed by atoms with E-state index in [1.165, 1.54) is 5.56 Å². The Morgan fingerprint density at radius 3 is 2.95 bits per heavy atom. The van der Waals surface area contributed by atoms with Gasteiger partial charge in [-0.2, -0.15) is 0 Å². The Bertz CT molecular complexity index is 723. The first-order valence-corrected chi connectivity index (χ1v) is 7.40. The van der Waals surface area contributed by atoms with E-state index >= 15 is 0 Å². The van der Waals surface area contributed by atoms with Crippen molar-refractivity contribution in [3.63, 3.8) is 0 Å². The molecule has 1 aromatic carbocycles. The summed E-state index contributed by atoms with van der Waals surface area (Å²) in [6.45, 7) is 2.98. The molecule has 0 aliphatic heterocycles. The van der Waals surface area contributed by atoms with Gasteiger partial charge in [-0.15, -0.1) is 0 Å². The summed E-state index contributed by atoms with van der Waals surface area (Å²) in [7, 11) is 0. The molecule has 0 saturated carbocycles. The summed E-state index contributed by atoms with van der Waals surface area (Å²) < 4.78 is 6.13. The van der Waals surface area contributed by atoms with Gasteiger partial charge in [0.2, 0.25) is 0 Å². The number of halogens is 1. The maximum atomic E-state index is 5.36. The van der Waals surface area contributed by atoms with E-state index < -0.39 is 0 Å². The second-order valence-electron chi connectivity index (χ2n) is 4.60. The average Bonchev–Trinajstić information content (AvgIpc) is 2.90. The summed E-state index contributed by atoms with van der Waals surface area (Å²) in [5.41, 5.74) is 3.29. The molecule has 1 N–H and O–H groups in total. The number of rotatable bonds is 4. The van der Waals surface area contributed by atoms with Crippen molar-refractivity contribution in [2.45, 2.75) is 13.0 Å². The highest BCUT2D eigenvalue weighted by molar-refractivity contribution is 9.10. The standard InChI is InChI=1S/C16H15BrN2O/c1-2-18-15(13-7-9-20-16(13)17)12-6-5-11-4-3-8-19-14(11)10-12/h3-10,15,18H,2H2,1H3. The third-order valence-electron chi connectivity index (χ3n) is 3.33. The molecule has 0 radical (unpaired) electrons. The number of benzene rings is 1. The van der Waals surface area contributed by atoms with Crippen molar-refractivity contribution in [1.29, 1.82) is 0 Å². The van der Waals surface area contributed by atoms with Crippen LogP contribution in [0.5, 0.6) is 0 Å². The molecule has 0 saturated heterocycles. The number of pyridine rings is 1. The summed E-state index contributed by atoms with van der Waals surface area (Å²) >= 11 is 3.46. The van der Waals surface area contributed by atoms with Crippen molar-refractivity contribution in [3.8, 4) is 0 Å². The second kappa shape index (κ2) is 5.77. The van der Waals surface area contributed by atoms with Crippen LogP contribution in [-0.4, -0.2) is 11.5 Å². The first-order valence-electron chi connectivity index (χ1n) is 6.60. The van der Waals surface area contributed by atoms with Gasteiger partial charge in [0.1, 0.15) is 0 Å². The molecular weight excluding hydrogens is 316 g/mol. The summed E-state index contributed by atoms with van der Waals surface area (Å²) in [6, 6.07) is 12.5. The van der Waals surface area contributed by atoms with Crippen LogP contribution in [0, 0.1) is 0 Å². The Morgan fingerprint density at radius 2 is 2.20 bits per heavy atom. The molecule has 3 nitrogen and oxygen atoms in total. The Hall–Kier alpha value is -1.65. The minimum atomic E-state index is 0.0968. The molecule has 0 aliphatic carbocycles. The van der Waals surface area contributed by atoms with Gasteiger partial charge in [0, 0.05) is 17.1 Å². The zero-order valence-electron chi connectivity index (χ0n) is 11.1. The largest absolute Gasteiger partial charge is 0.457 e. The maximum absolute atomic E-state index is 5.36. The number of furan rings is 1. The van der Waals surface area contributed by atoms with E-state index in [-0.39, 0.29) is 6.04 Å². The van der Waals surface area contributed by atoms with Gasteiger partial charge in [-0.1, -0.05) is 25.1 Å². The van der Waals surface area contributed by atoms with E-state index in [1.807, 2.05) is 18.3 Å². The monoisotopic (exact) mass is 330 g/mol. The fourth-order valence-corrected chi connectivity index (χ4v) is 2.85. The van der Waals surface area contributed by atoms with Gasteiger partial charge in [0.15, 0.2) is 4.67 Å². The predicted molar refractivity (Wildman–Crippen MR) is 83.7 cm³/mol.